The van der Waals surface area contributed by atoms with E-state index in [-0.39, 0.29) is 5.41 Å². The zero-order valence-electron chi connectivity index (χ0n) is 7.05. The van der Waals surface area contributed by atoms with E-state index in [1.165, 1.54) is 12.5 Å². The van der Waals surface area contributed by atoms with Gasteiger partial charge in [0.05, 0.1) is 11.8 Å². The summed E-state index contributed by atoms with van der Waals surface area (Å²) in [6, 6.07) is 1.72. The minimum absolute atomic E-state index is 0.256. The highest BCUT2D eigenvalue weighted by Crippen LogP contribution is 2.11. The van der Waals surface area contributed by atoms with Gasteiger partial charge < -0.3 is 4.42 Å². The first kappa shape index (κ1) is 8.27. The van der Waals surface area contributed by atoms with Gasteiger partial charge in [-0.2, -0.15) is 0 Å². The van der Waals surface area contributed by atoms with Crippen molar-refractivity contribution in [1.29, 1.82) is 0 Å². The maximum Gasteiger partial charge on any atom is 0.143 e. The van der Waals surface area contributed by atoms with Gasteiger partial charge in [-0.05, 0) is 6.07 Å². The van der Waals surface area contributed by atoms with Gasteiger partial charge in [0.25, 0.3) is 0 Å². The molecular weight excluding hydrogens is 156 g/mol. The molecule has 2 nitrogen and oxygen atoms in total. The van der Waals surface area contributed by atoms with Gasteiger partial charge in [0.15, 0.2) is 0 Å². The van der Waals surface area contributed by atoms with Crippen LogP contribution in [0.4, 0.5) is 0 Å². The molecule has 0 aliphatic carbocycles. The highest BCUT2D eigenvalue weighted by molar-refractivity contribution is 7.05. The minimum atomic E-state index is -1.66. The van der Waals surface area contributed by atoms with Crippen LogP contribution in [0.5, 0.6) is 0 Å². The Morgan fingerprint density at radius 3 is 2.45 bits per heavy atom. The number of carbonyl (C=O) groups excluding carboxylic acids is 1. The van der Waals surface area contributed by atoms with Crippen LogP contribution in [0.25, 0.3) is 0 Å². The molecule has 0 spiro atoms. The fraction of sp³-hybridized carbons (Fsp3) is 0.375. The molecule has 0 saturated carbocycles. The van der Waals surface area contributed by atoms with Gasteiger partial charge in [0.2, 0.25) is 0 Å². The van der Waals surface area contributed by atoms with Crippen LogP contribution in [0, 0.1) is 0 Å². The quantitative estimate of drug-likeness (QED) is 0.634. The van der Waals surface area contributed by atoms with Crippen LogP contribution in [0.2, 0.25) is 19.6 Å². The summed E-state index contributed by atoms with van der Waals surface area (Å²) in [5.74, 6) is 0. The van der Waals surface area contributed by atoms with Crippen LogP contribution < -0.4 is 0 Å². The second-order valence-electron chi connectivity index (χ2n) is 3.59. The first-order chi connectivity index (χ1) is 5.02. The maximum atomic E-state index is 11.5. The molecule has 11 heavy (non-hydrogen) atoms. The fourth-order valence-corrected chi connectivity index (χ4v) is 1.83. The average Bonchev–Trinajstić information content (AvgIpc) is 2.34. The summed E-state index contributed by atoms with van der Waals surface area (Å²) in [5, 5.41) is 0.256. The third kappa shape index (κ3) is 1.80. The Balaban J connectivity index is 2.88. The lowest BCUT2D eigenvalue weighted by Gasteiger charge is -2.11. The summed E-state index contributed by atoms with van der Waals surface area (Å²) in [7, 11) is -1.66. The lowest BCUT2D eigenvalue weighted by molar-refractivity contribution is 0.106. The summed E-state index contributed by atoms with van der Waals surface area (Å²) in [4.78, 5) is 11.5. The van der Waals surface area contributed by atoms with Crippen molar-refractivity contribution in [1.82, 2.24) is 0 Å². The molecular formula is C8H12O2Si. The molecule has 0 bridgehead atoms. The third-order valence-electron chi connectivity index (χ3n) is 1.46. The zero-order valence-corrected chi connectivity index (χ0v) is 8.05. The molecule has 1 aromatic rings. The Morgan fingerprint density at radius 2 is 2.09 bits per heavy atom. The van der Waals surface area contributed by atoms with E-state index < -0.39 is 8.07 Å². The van der Waals surface area contributed by atoms with Crippen molar-refractivity contribution in [3.63, 3.8) is 0 Å². The van der Waals surface area contributed by atoms with E-state index in [4.69, 9.17) is 4.42 Å². The monoisotopic (exact) mass is 168 g/mol. The molecule has 0 unspecified atom stereocenters. The molecule has 0 aliphatic rings. The first-order valence-corrected chi connectivity index (χ1v) is 7.09. The molecule has 0 fully saturated rings. The van der Waals surface area contributed by atoms with Crippen LogP contribution in [0.15, 0.2) is 23.0 Å². The van der Waals surface area contributed by atoms with Gasteiger partial charge in [-0.3, -0.25) is 4.79 Å². The van der Waals surface area contributed by atoms with E-state index in [9.17, 15) is 4.79 Å². The molecule has 1 heterocycles. The predicted octanol–water partition coefficient (Wildman–Crippen LogP) is 2.34. The van der Waals surface area contributed by atoms with Gasteiger partial charge in [-0.25, -0.2) is 0 Å². The van der Waals surface area contributed by atoms with Gasteiger partial charge in [0, 0.05) is 0 Å². The van der Waals surface area contributed by atoms with E-state index in [0.29, 0.717) is 5.56 Å². The van der Waals surface area contributed by atoms with Gasteiger partial charge in [-0.1, -0.05) is 19.6 Å². The molecule has 0 radical (unpaired) electrons. The van der Waals surface area contributed by atoms with Gasteiger partial charge in [-0.15, -0.1) is 0 Å². The standard InChI is InChI=1S/C8H12O2Si/c1-11(2,3)8(9)7-4-5-10-6-7/h4-6H,1-3H3. The summed E-state index contributed by atoms with van der Waals surface area (Å²) in [5.41, 5.74) is 0.712. The van der Waals surface area contributed by atoms with E-state index in [0.717, 1.165) is 0 Å². The number of hydrogen-bond acceptors (Lipinski definition) is 2. The Hall–Kier alpha value is -0.833. The fourth-order valence-electron chi connectivity index (χ4n) is 0.827. The van der Waals surface area contributed by atoms with Gasteiger partial charge in [0.1, 0.15) is 19.7 Å². The van der Waals surface area contributed by atoms with Crippen molar-refractivity contribution in [2.24, 2.45) is 0 Å². The molecule has 1 aromatic heterocycles. The van der Waals surface area contributed by atoms with Crippen molar-refractivity contribution in [2.75, 3.05) is 0 Å². The Labute approximate surface area is 67.2 Å². The highest BCUT2D eigenvalue weighted by Gasteiger charge is 2.25. The molecule has 0 aromatic carbocycles. The molecule has 0 atom stereocenters. The van der Waals surface area contributed by atoms with E-state index in [1.807, 2.05) is 19.6 Å². The Morgan fingerprint density at radius 1 is 1.45 bits per heavy atom. The predicted molar refractivity (Wildman–Crippen MR) is 46.4 cm³/mol. The molecule has 0 aliphatic heterocycles. The zero-order chi connectivity index (χ0) is 8.48. The average molecular weight is 168 g/mol. The van der Waals surface area contributed by atoms with E-state index >= 15 is 0 Å². The SMILES string of the molecule is C[Si](C)(C)C(=O)c1ccoc1. The number of carbonyl (C=O) groups is 1. The lowest BCUT2D eigenvalue weighted by atomic mass is 10.4. The van der Waals surface area contributed by atoms with Crippen LogP contribution in [-0.4, -0.2) is 13.5 Å². The highest BCUT2D eigenvalue weighted by atomic mass is 28.3. The molecule has 0 saturated heterocycles. The lowest BCUT2D eigenvalue weighted by Crippen LogP contribution is -2.32. The van der Waals surface area contributed by atoms with Gasteiger partial charge >= 0.3 is 0 Å². The number of hydrogen-bond donors (Lipinski definition) is 0. The topological polar surface area (TPSA) is 30.2 Å². The summed E-state index contributed by atoms with van der Waals surface area (Å²) in [6.07, 6.45) is 3.05. The van der Waals surface area contributed by atoms with E-state index in [2.05, 4.69) is 0 Å². The summed E-state index contributed by atoms with van der Waals surface area (Å²) in [6.45, 7) is 6.09. The summed E-state index contributed by atoms with van der Waals surface area (Å²) < 4.78 is 4.83. The van der Waals surface area contributed by atoms with Crippen molar-refractivity contribution < 1.29 is 9.21 Å². The Bertz CT molecular complexity index is 244. The molecule has 0 amide bonds. The number of furan rings is 1. The smallest absolute Gasteiger partial charge is 0.143 e. The van der Waals surface area contributed by atoms with Crippen molar-refractivity contribution in [2.45, 2.75) is 19.6 Å². The van der Waals surface area contributed by atoms with Crippen molar-refractivity contribution in [3.8, 4) is 0 Å². The van der Waals surface area contributed by atoms with Crippen molar-refractivity contribution in [3.05, 3.63) is 24.2 Å². The number of rotatable bonds is 2. The third-order valence-corrected chi connectivity index (χ3v) is 3.12. The Kier molecular flexibility index (Phi) is 2.00. The second-order valence-corrected chi connectivity index (χ2v) is 8.55. The first-order valence-electron chi connectivity index (χ1n) is 3.59. The summed E-state index contributed by atoms with van der Waals surface area (Å²) >= 11 is 0. The molecule has 3 heteroatoms. The van der Waals surface area contributed by atoms with Crippen LogP contribution in [0.1, 0.15) is 10.4 Å². The van der Waals surface area contributed by atoms with Crippen molar-refractivity contribution >= 4 is 13.5 Å². The van der Waals surface area contributed by atoms with Crippen LogP contribution in [0.3, 0.4) is 0 Å². The van der Waals surface area contributed by atoms with E-state index in [1.54, 1.807) is 6.07 Å². The van der Waals surface area contributed by atoms with Crippen LogP contribution >= 0.6 is 0 Å². The molecule has 60 valence electrons. The minimum Gasteiger partial charge on any atom is -0.472 e. The normalized spacial score (nSPS) is 11.5. The maximum absolute atomic E-state index is 11.5. The second kappa shape index (κ2) is 2.66. The molecule has 1 rings (SSSR count). The molecule has 0 N–H and O–H groups in total. The van der Waals surface area contributed by atoms with Crippen LogP contribution in [-0.2, 0) is 0 Å². The largest absolute Gasteiger partial charge is 0.472 e.